The summed E-state index contributed by atoms with van der Waals surface area (Å²) in [5, 5.41) is 16.0. The van der Waals surface area contributed by atoms with E-state index in [0.29, 0.717) is 35.7 Å². The lowest BCUT2D eigenvalue weighted by Crippen LogP contribution is -2.63. The fourth-order valence-electron chi connectivity index (χ4n) is 23.2. The highest BCUT2D eigenvalue weighted by Gasteiger charge is 2.49. The number of aromatic nitrogens is 9. The number of nitrogens with zero attached hydrogens (tertiary/aromatic N) is 15. The first-order valence-corrected chi connectivity index (χ1v) is 45.9. The van der Waals surface area contributed by atoms with Gasteiger partial charge in [-0.15, -0.1) is 0 Å². The zero-order valence-electron chi connectivity index (χ0n) is 78.5. The van der Waals surface area contributed by atoms with Crippen molar-refractivity contribution >= 4 is 35.7 Å². The standard InChI is InChI=1S/C92H169N19O3/c1-31-37-43-106(65-49-81(7,8)63-82(9,10)50-65)76-95-77(107(44-38-32-2)66-51-83(11,12)64-84(13,14)52-66)101-80(100-76)114-71(61-112-78-96-72(108(45-39-33-3)67-53-85(15,16)102-86(17,18)54-67)93-73(97-78)109(46-40-34-4)68-55-87(19,20)103-88(21,22)56-68)62-113-79-98-74(110(47-41-35-5)69-57-89(23,24)104-90(25,26)58-69)94-75(99-79)111(48-42-36-6)70-59-91(27,28)105-92(29,30)60-70/h65-71,102-105H,31-64H2,1-30H3. The van der Waals surface area contributed by atoms with Gasteiger partial charge in [0.1, 0.15) is 13.2 Å². The summed E-state index contributed by atoms with van der Waals surface area (Å²) in [6.45, 7) is 75.6. The molecule has 6 fully saturated rings. The van der Waals surface area contributed by atoms with Crippen LogP contribution < -0.4 is 64.9 Å². The quantitative estimate of drug-likeness (QED) is 0.0420. The van der Waals surface area contributed by atoms with Crippen molar-refractivity contribution in [2.45, 2.75) is 461 Å². The maximum absolute atomic E-state index is 7.70. The van der Waals surface area contributed by atoms with Crippen LogP contribution >= 0.6 is 0 Å². The molecule has 2 saturated carbocycles. The molecule has 9 rings (SSSR count). The maximum atomic E-state index is 7.70. The van der Waals surface area contributed by atoms with Gasteiger partial charge in [-0.1, -0.05) is 135 Å². The van der Waals surface area contributed by atoms with Crippen LogP contribution in [0.3, 0.4) is 0 Å². The van der Waals surface area contributed by atoms with Crippen LogP contribution in [0.4, 0.5) is 35.7 Å². The van der Waals surface area contributed by atoms with Gasteiger partial charge in [-0.25, -0.2) is 0 Å². The largest absolute Gasteiger partial charge is 0.459 e. The van der Waals surface area contributed by atoms with E-state index in [1.54, 1.807) is 0 Å². The molecule has 22 heteroatoms. The van der Waals surface area contributed by atoms with Crippen molar-refractivity contribution in [3.63, 3.8) is 0 Å². The Hall–Kier alpha value is -4.93. The Kier molecular flexibility index (Phi) is 30.1. The predicted molar refractivity (Wildman–Crippen MR) is 476 cm³/mol. The molecule has 0 atom stereocenters. The first-order chi connectivity index (χ1) is 52.9. The van der Waals surface area contributed by atoms with E-state index in [1.165, 1.54) is 0 Å². The van der Waals surface area contributed by atoms with Crippen molar-refractivity contribution in [3.05, 3.63) is 0 Å². The number of hydrogen-bond donors (Lipinski definition) is 4. The Morgan fingerprint density at radius 1 is 0.263 bits per heavy atom. The molecule has 0 bridgehead atoms. The maximum Gasteiger partial charge on any atom is 0.323 e. The van der Waals surface area contributed by atoms with Crippen molar-refractivity contribution in [3.8, 4) is 18.0 Å². The van der Waals surface area contributed by atoms with E-state index in [1.807, 2.05) is 0 Å². The number of unbranched alkanes of at least 4 members (excludes halogenated alkanes) is 6. The van der Waals surface area contributed by atoms with Gasteiger partial charge in [0.2, 0.25) is 35.7 Å². The summed E-state index contributed by atoms with van der Waals surface area (Å²) in [5.41, 5.74) is -0.686. The minimum absolute atomic E-state index is 0.0341. The minimum Gasteiger partial charge on any atom is -0.459 e. The van der Waals surface area contributed by atoms with Crippen molar-refractivity contribution < 1.29 is 14.2 Å². The summed E-state index contributed by atoms with van der Waals surface area (Å²) in [6.07, 6.45) is 25.0. The highest BCUT2D eigenvalue weighted by Crippen LogP contribution is 2.51. The lowest BCUT2D eigenvalue weighted by atomic mass is 9.63. The van der Waals surface area contributed by atoms with Gasteiger partial charge >= 0.3 is 18.0 Å². The third-order valence-corrected chi connectivity index (χ3v) is 25.3. The average Bonchev–Trinajstić information content (AvgIpc) is 0.776. The zero-order valence-corrected chi connectivity index (χ0v) is 78.5. The van der Waals surface area contributed by atoms with Crippen LogP contribution in [0.2, 0.25) is 0 Å². The summed E-state index contributed by atoms with van der Waals surface area (Å²) in [6, 6.07) is 1.66. The van der Waals surface area contributed by atoms with Gasteiger partial charge in [-0.05, 0) is 261 Å². The topological polar surface area (TPSA) is 211 Å². The van der Waals surface area contributed by atoms with Crippen LogP contribution in [0.25, 0.3) is 0 Å². The SMILES string of the molecule is CCCCN(c1nc(OCC(COc2nc(N(CCCC)C3CC(C)(C)NC(C)(C)C3)nc(N(CCCC)C3CC(C)(C)NC(C)(C)C3)n2)Oc2nc(N(CCCC)C3CC(C)(C)CC(C)(C)C3)nc(N(CCCC)C3CC(C)(C)CC(C)(C)C3)n2)nc(N(CCCC)C2CC(C)(C)NC(C)(C)C2)n1)C1CC(C)(C)NC(C)(C)C1. The Balaban J connectivity index is 1.28. The van der Waals surface area contributed by atoms with Crippen LogP contribution in [0, 0.1) is 21.7 Å². The molecule has 7 heterocycles. The van der Waals surface area contributed by atoms with Crippen LogP contribution in [0.5, 0.6) is 18.0 Å². The number of nitrogens with one attached hydrogen (secondary N) is 4. The van der Waals surface area contributed by atoms with Crippen molar-refractivity contribution in [2.24, 2.45) is 21.7 Å². The minimum atomic E-state index is -0.873. The molecule has 3 aromatic rings. The molecule has 4 aliphatic heterocycles. The first kappa shape index (κ1) is 92.9. The van der Waals surface area contributed by atoms with E-state index in [9.17, 15) is 0 Å². The number of piperidine rings is 4. The lowest BCUT2D eigenvalue weighted by Gasteiger charge is -2.50. The van der Waals surface area contributed by atoms with Gasteiger partial charge in [0.25, 0.3) is 0 Å². The molecule has 22 nitrogen and oxygen atoms in total. The predicted octanol–water partition coefficient (Wildman–Crippen LogP) is 19.2. The molecule has 0 aromatic carbocycles. The number of anilines is 6. The molecule has 0 amide bonds. The van der Waals surface area contributed by atoms with Crippen LogP contribution in [-0.2, 0) is 0 Å². The second-order valence-electron chi connectivity index (χ2n) is 45.3. The van der Waals surface area contributed by atoms with E-state index >= 15 is 0 Å². The normalized spacial score (nSPS) is 23.1. The molecule has 3 aromatic heterocycles. The zero-order chi connectivity index (χ0) is 84.1. The van der Waals surface area contributed by atoms with Crippen molar-refractivity contribution in [1.82, 2.24) is 66.1 Å². The summed E-state index contributed by atoms with van der Waals surface area (Å²) in [7, 11) is 0. The van der Waals surface area contributed by atoms with Gasteiger partial charge in [0.05, 0.1) is 0 Å². The summed E-state index contributed by atoms with van der Waals surface area (Å²) in [5.74, 6) is 3.90. The Labute approximate surface area is 695 Å². The van der Waals surface area contributed by atoms with Gasteiger partial charge in [-0.3, -0.25) is 0 Å². The van der Waals surface area contributed by atoms with Crippen molar-refractivity contribution in [1.29, 1.82) is 0 Å². The molecule has 4 saturated heterocycles. The molecule has 2 aliphatic carbocycles. The Morgan fingerprint density at radius 2 is 0.439 bits per heavy atom. The number of ether oxygens (including phenoxy) is 3. The second-order valence-corrected chi connectivity index (χ2v) is 45.3. The summed E-state index contributed by atoms with van der Waals surface area (Å²) < 4.78 is 22.6. The molecule has 114 heavy (non-hydrogen) atoms. The smallest absolute Gasteiger partial charge is 0.323 e. The number of rotatable bonds is 38. The van der Waals surface area contributed by atoms with Crippen LogP contribution in [-0.4, -0.2) is 184 Å². The van der Waals surface area contributed by atoms with Gasteiger partial charge in [-0.2, -0.15) is 44.9 Å². The van der Waals surface area contributed by atoms with Crippen LogP contribution in [0.15, 0.2) is 0 Å². The molecule has 0 radical (unpaired) electrons. The van der Waals surface area contributed by atoms with Gasteiger partial charge < -0.3 is 64.9 Å². The molecular formula is C92H169N19O3. The molecule has 0 spiro atoms. The van der Waals surface area contributed by atoms with E-state index < -0.39 is 6.10 Å². The monoisotopic (exact) mass is 1590 g/mol. The molecular weight excluding hydrogens is 1420 g/mol. The average molecular weight is 1590 g/mol. The second kappa shape index (κ2) is 37.0. The van der Waals surface area contributed by atoms with E-state index in [-0.39, 0.29) is 133 Å². The Bertz CT molecular complexity index is 3080. The molecule has 0 unspecified atom stereocenters. The highest BCUT2D eigenvalue weighted by molar-refractivity contribution is 5.47. The Morgan fingerprint density at radius 3 is 0.623 bits per heavy atom. The van der Waals surface area contributed by atoms with Gasteiger partial charge in [0, 0.05) is 120 Å². The molecule has 6 aliphatic rings. The lowest BCUT2D eigenvalue weighted by molar-refractivity contribution is 0.0659. The first-order valence-electron chi connectivity index (χ1n) is 45.9. The molecule has 650 valence electrons. The third-order valence-electron chi connectivity index (χ3n) is 25.3. The van der Waals surface area contributed by atoms with Crippen molar-refractivity contribution in [2.75, 3.05) is 81.9 Å². The van der Waals surface area contributed by atoms with E-state index in [0.717, 1.165) is 206 Å². The fourth-order valence-corrected chi connectivity index (χ4v) is 23.2. The highest BCUT2D eigenvalue weighted by atomic mass is 16.6. The fraction of sp³-hybridized carbons (Fsp3) is 0.902. The summed E-state index contributed by atoms with van der Waals surface area (Å²) >= 11 is 0. The van der Waals surface area contributed by atoms with E-state index in [2.05, 4.69) is 258 Å². The number of hydrogen-bond acceptors (Lipinski definition) is 22. The summed E-state index contributed by atoms with van der Waals surface area (Å²) in [4.78, 5) is 65.9. The van der Waals surface area contributed by atoms with E-state index in [4.69, 9.17) is 59.1 Å². The van der Waals surface area contributed by atoms with Gasteiger partial charge in [0.15, 0.2) is 6.10 Å². The van der Waals surface area contributed by atoms with Crippen LogP contribution in [0.1, 0.15) is 375 Å². The molecule has 4 N–H and O–H groups in total. The third kappa shape index (κ3) is 26.5.